The third kappa shape index (κ3) is 1.82. The summed E-state index contributed by atoms with van der Waals surface area (Å²) in [6.07, 6.45) is 5.95. The molecule has 2 N–H and O–H groups in total. The highest BCUT2D eigenvalue weighted by Gasteiger charge is 2.40. The van der Waals surface area contributed by atoms with Gasteiger partial charge in [0.25, 0.3) is 0 Å². The number of hydrogen-bond donors (Lipinski definition) is 1. The Bertz CT molecular complexity index is 448. The second kappa shape index (κ2) is 4.20. The highest BCUT2D eigenvalue weighted by atomic mass is 16.6. The molecule has 6 nitrogen and oxygen atoms in total. The Morgan fingerprint density at radius 2 is 2.00 bits per heavy atom. The molecular formula is C12H16N4O2. The molecule has 2 atom stereocenters. The molecule has 2 unspecified atom stereocenters. The average Bonchev–Trinajstić information content (AvgIpc) is 2.62. The minimum atomic E-state index is -0.468. The molecule has 6 heteroatoms. The zero-order chi connectivity index (χ0) is 12.7. The van der Waals surface area contributed by atoms with Gasteiger partial charge in [-0.15, -0.1) is 0 Å². The number of nitrogens with two attached hydrogens (primary N) is 1. The minimum Gasteiger partial charge on any atom is -0.362 e. The number of hydrogen-bond acceptors (Lipinski definition) is 5. The van der Waals surface area contributed by atoms with Crippen molar-refractivity contribution in [2.24, 2.45) is 5.73 Å². The molecule has 18 heavy (non-hydrogen) atoms. The highest BCUT2D eigenvalue weighted by molar-refractivity contribution is 5.50. The van der Waals surface area contributed by atoms with E-state index in [1.165, 1.54) is 6.07 Å². The van der Waals surface area contributed by atoms with Crippen molar-refractivity contribution in [1.29, 1.82) is 0 Å². The van der Waals surface area contributed by atoms with Crippen molar-refractivity contribution in [1.82, 2.24) is 4.98 Å². The van der Waals surface area contributed by atoms with E-state index >= 15 is 0 Å². The molecule has 3 rings (SSSR count). The van der Waals surface area contributed by atoms with Crippen LogP contribution in [0.1, 0.15) is 25.7 Å². The second-order valence-corrected chi connectivity index (χ2v) is 5.16. The summed E-state index contributed by atoms with van der Waals surface area (Å²) in [7, 11) is 0. The van der Waals surface area contributed by atoms with Crippen LogP contribution in [0.15, 0.2) is 18.3 Å². The third-order valence-corrected chi connectivity index (χ3v) is 3.99. The molecule has 0 radical (unpaired) electrons. The number of nitrogens with zero attached hydrogens (tertiary/aromatic N) is 3. The first-order chi connectivity index (χ1) is 8.65. The van der Waals surface area contributed by atoms with E-state index in [-0.39, 0.29) is 5.82 Å². The SMILES string of the molecule is NC1CC2CCC(C1)N2c1ccc([N+](=O)[O-])nc1. The summed E-state index contributed by atoms with van der Waals surface area (Å²) in [5.41, 5.74) is 7.01. The number of rotatable bonds is 2. The van der Waals surface area contributed by atoms with Gasteiger partial charge in [-0.2, -0.15) is 0 Å². The van der Waals surface area contributed by atoms with Crippen LogP contribution in [0.3, 0.4) is 0 Å². The summed E-state index contributed by atoms with van der Waals surface area (Å²) < 4.78 is 0. The van der Waals surface area contributed by atoms with E-state index < -0.39 is 4.92 Å². The van der Waals surface area contributed by atoms with Gasteiger partial charge in [0.1, 0.15) is 0 Å². The van der Waals surface area contributed by atoms with Crippen LogP contribution in [-0.4, -0.2) is 28.0 Å². The minimum absolute atomic E-state index is 0.0974. The predicted octanol–water partition coefficient (Wildman–Crippen LogP) is 1.45. The standard InChI is InChI=1S/C12H16N4O2/c13-8-5-9-1-2-10(6-8)15(9)11-3-4-12(14-7-11)16(17)18/h3-4,7-10H,1-2,5-6,13H2. The molecule has 3 heterocycles. The summed E-state index contributed by atoms with van der Waals surface area (Å²) >= 11 is 0. The average molecular weight is 248 g/mol. The molecule has 1 aromatic heterocycles. The third-order valence-electron chi connectivity index (χ3n) is 3.99. The van der Waals surface area contributed by atoms with Gasteiger partial charge in [-0.25, -0.2) is 0 Å². The predicted molar refractivity (Wildman–Crippen MR) is 67.4 cm³/mol. The van der Waals surface area contributed by atoms with Crippen LogP contribution in [0.25, 0.3) is 0 Å². The number of aromatic nitrogens is 1. The number of anilines is 1. The van der Waals surface area contributed by atoms with Crippen LogP contribution < -0.4 is 10.6 Å². The van der Waals surface area contributed by atoms with Crippen molar-refractivity contribution < 1.29 is 4.92 Å². The maximum absolute atomic E-state index is 10.6. The number of pyridine rings is 1. The second-order valence-electron chi connectivity index (χ2n) is 5.16. The lowest BCUT2D eigenvalue weighted by Crippen LogP contribution is -2.47. The fraction of sp³-hybridized carbons (Fsp3) is 0.583. The van der Waals surface area contributed by atoms with Gasteiger partial charge < -0.3 is 20.7 Å². The lowest BCUT2D eigenvalue weighted by molar-refractivity contribution is -0.389. The van der Waals surface area contributed by atoms with E-state index in [9.17, 15) is 10.1 Å². The Morgan fingerprint density at radius 3 is 2.50 bits per heavy atom. The molecule has 96 valence electrons. The maximum atomic E-state index is 10.6. The number of fused-ring (bicyclic) bond motifs is 2. The van der Waals surface area contributed by atoms with E-state index in [2.05, 4.69) is 9.88 Å². The Kier molecular flexibility index (Phi) is 2.66. The Hall–Kier alpha value is -1.69. The summed E-state index contributed by atoms with van der Waals surface area (Å²) in [6.45, 7) is 0. The summed E-state index contributed by atoms with van der Waals surface area (Å²) in [6, 6.07) is 4.52. The summed E-state index contributed by atoms with van der Waals surface area (Å²) in [5, 5.41) is 10.6. The first kappa shape index (κ1) is 11.4. The molecule has 0 spiro atoms. The van der Waals surface area contributed by atoms with E-state index in [0.29, 0.717) is 18.1 Å². The normalized spacial score (nSPS) is 30.5. The smallest absolute Gasteiger partial charge is 0.362 e. The lowest BCUT2D eigenvalue weighted by atomic mass is 9.98. The molecule has 2 bridgehead atoms. The molecule has 2 aliphatic rings. The van der Waals surface area contributed by atoms with Crippen molar-refractivity contribution >= 4 is 11.5 Å². The van der Waals surface area contributed by atoms with Crippen molar-refractivity contribution in [2.45, 2.75) is 43.8 Å². The monoisotopic (exact) mass is 248 g/mol. The fourth-order valence-electron chi connectivity index (χ4n) is 3.28. The van der Waals surface area contributed by atoms with E-state index in [0.717, 1.165) is 31.4 Å². The molecule has 2 aliphatic heterocycles. The fourth-order valence-corrected chi connectivity index (χ4v) is 3.28. The van der Waals surface area contributed by atoms with Crippen molar-refractivity contribution in [3.05, 3.63) is 28.4 Å². The van der Waals surface area contributed by atoms with Gasteiger partial charge in [0.05, 0.1) is 5.69 Å². The first-order valence-electron chi connectivity index (χ1n) is 6.29. The van der Waals surface area contributed by atoms with Gasteiger partial charge in [-0.1, -0.05) is 0 Å². The Balaban J connectivity index is 1.85. The Morgan fingerprint density at radius 1 is 1.33 bits per heavy atom. The van der Waals surface area contributed by atoms with Gasteiger partial charge in [0, 0.05) is 24.2 Å². The molecular weight excluding hydrogens is 232 g/mol. The van der Waals surface area contributed by atoms with Gasteiger partial charge in [-0.05, 0) is 41.7 Å². The van der Waals surface area contributed by atoms with Crippen LogP contribution >= 0.6 is 0 Å². The molecule has 2 saturated heterocycles. The first-order valence-corrected chi connectivity index (χ1v) is 6.29. The Labute approximate surface area is 105 Å². The van der Waals surface area contributed by atoms with Gasteiger partial charge in [-0.3, -0.25) is 0 Å². The van der Waals surface area contributed by atoms with Crippen molar-refractivity contribution in [3.8, 4) is 0 Å². The number of nitro groups is 1. The highest BCUT2D eigenvalue weighted by Crippen LogP contribution is 2.38. The molecule has 0 aromatic carbocycles. The molecule has 0 aliphatic carbocycles. The zero-order valence-corrected chi connectivity index (χ0v) is 10.0. The molecule has 1 aromatic rings. The van der Waals surface area contributed by atoms with E-state index in [1.54, 1.807) is 12.3 Å². The lowest BCUT2D eigenvalue weighted by Gasteiger charge is -2.38. The molecule has 0 amide bonds. The van der Waals surface area contributed by atoms with Crippen LogP contribution in [0, 0.1) is 10.1 Å². The van der Waals surface area contributed by atoms with E-state index in [1.807, 2.05) is 0 Å². The molecule has 2 fully saturated rings. The summed E-state index contributed by atoms with van der Waals surface area (Å²) in [4.78, 5) is 16.4. The van der Waals surface area contributed by atoms with Gasteiger partial charge in [0.15, 0.2) is 6.20 Å². The maximum Gasteiger partial charge on any atom is 0.363 e. The van der Waals surface area contributed by atoms with Crippen molar-refractivity contribution in [3.63, 3.8) is 0 Å². The van der Waals surface area contributed by atoms with Gasteiger partial charge >= 0.3 is 5.82 Å². The van der Waals surface area contributed by atoms with E-state index in [4.69, 9.17) is 5.73 Å². The van der Waals surface area contributed by atoms with Crippen LogP contribution in [0.4, 0.5) is 11.5 Å². The number of piperidine rings is 1. The largest absolute Gasteiger partial charge is 0.363 e. The van der Waals surface area contributed by atoms with Crippen molar-refractivity contribution in [2.75, 3.05) is 4.90 Å². The van der Waals surface area contributed by atoms with Crippen LogP contribution in [-0.2, 0) is 0 Å². The quantitative estimate of drug-likeness (QED) is 0.632. The van der Waals surface area contributed by atoms with Crippen LogP contribution in [0.5, 0.6) is 0 Å². The van der Waals surface area contributed by atoms with Crippen LogP contribution in [0.2, 0.25) is 0 Å². The molecule has 0 saturated carbocycles. The summed E-state index contributed by atoms with van der Waals surface area (Å²) in [5.74, 6) is -0.0974. The zero-order valence-electron chi connectivity index (χ0n) is 10.0. The van der Waals surface area contributed by atoms with Gasteiger partial charge in [0.2, 0.25) is 0 Å². The topological polar surface area (TPSA) is 85.3 Å².